The number of likely N-dealkylation sites (N-methyl/N-ethyl adjacent to an activating group) is 1. The number of aromatic nitrogens is 4. The zero-order valence-corrected chi connectivity index (χ0v) is 21.1. The van der Waals surface area contributed by atoms with Gasteiger partial charge in [-0.2, -0.15) is 5.10 Å². The number of amides is 3. The highest BCUT2D eigenvalue weighted by molar-refractivity contribution is 6.13. The molecule has 0 saturated carbocycles. The van der Waals surface area contributed by atoms with Crippen LogP contribution >= 0.6 is 0 Å². The first kappa shape index (κ1) is 25.8. The minimum absolute atomic E-state index is 0.0978. The van der Waals surface area contributed by atoms with Gasteiger partial charge >= 0.3 is 0 Å². The monoisotopic (exact) mass is 506 g/mol. The molecule has 194 valence electrons. The molecule has 1 fully saturated rings. The van der Waals surface area contributed by atoms with Gasteiger partial charge in [-0.15, -0.1) is 0 Å². The van der Waals surface area contributed by atoms with Crippen molar-refractivity contribution in [2.45, 2.75) is 32.2 Å². The molecule has 1 aromatic carbocycles. The van der Waals surface area contributed by atoms with Gasteiger partial charge in [0.25, 0.3) is 5.91 Å². The van der Waals surface area contributed by atoms with Gasteiger partial charge in [0.2, 0.25) is 11.8 Å². The lowest BCUT2D eigenvalue weighted by Crippen LogP contribution is -2.40. The number of nitrogen functional groups attached to an aromatic ring is 1. The van der Waals surface area contributed by atoms with Crippen molar-refractivity contribution in [3.05, 3.63) is 54.0 Å². The highest BCUT2D eigenvalue weighted by Gasteiger charge is 2.29. The Labute approximate surface area is 214 Å². The molecule has 1 aliphatic heterocycles. The van der Waals surface area contributed by atoms with Gasteiger partial charge in [0.1, 0.15) is 12.1 Å². The Bertz CT molecular complexity index is 1370. The van der Waals surface area contributed by atoms with Gasteiger partial charge in [-0.3, -0.25) is 19.2 Å². The standard InChI is InChI=1S/C25H30N8O4/c1-5-19(34)32-10-6-7-17(13-32)33-24-21(23(26)27-14-28-24)22(30-33)25(36)29-18-9-8-16(11-15(18)2)12-20(35)31(3)37-4/h5,8-9,11,14,17H,1,6-7,10,12-13H2,2-4H3,(H,29,36)(H2,26,27,28). The van der Waals surface area contributed by atoms with Crippen LogP contribution in [-0.4, -0.2) is 74.7 Å². The normalized spacial score (nSPS) is 15.4. The summed E-state index contributed by atoms with van der Waals surface area (Å²) in [6, 6.07) is 5.16. The zero-order chi connectivity index (χ0) is 26.7. The van der Waals surface area contributed by atoms with Crippen molar-refractivity contribution in [1.29, 1.82) is 0 Å². The van der Waals surface area contributed by atoms with Gasteiger partial charge in [-0.25, -0.2) is 19.7 Å². The lowest BCUT2D eigenvalue weighted by molar-refractivity contribution is -0.167. The summed E-state index contributed by atoms with van der Waals surface area (Å²) in [4.78, 5) is 52.8. The predicted molar refractivity (Wildman–Crippen MR) is 137 cm³/mol. The molecule has 1 aliphatic rings. The van der Waals surface area contributed by atoms with Crippen molar-refractivity contribution >= 4 is 40.3 Å². The van der Waals surface area contributed by atoms with Crippen molar-refractivity contribution in [3.63, 3.8) is 0 Å². The average Bonchev–Trinajstić information content (AvgIpc) is 3.30. The maximum absolute atomic E-state index is 13.4. The number of hydrogen-bond acceptors (Lipinski definition) is 8. The number of hydroxylamine groups is 2. The number of piperidine rings is 1. The van der Waals surface area contributed by atoms with E-state index in [1.807, 2.05) is 13.0 Å². The third-order valence-corrected chi connectivity index (χ3v) is 6.48. The van der Waals surface area contributed by atoms with Crippen LogP contribution in [0.3, 0.4) is 0 Å². The number of benzene rings is 1. The Balaban J connectivity index is 1.61. The number of rotatable bonds is 7. The summed E-state index contributed by atoms with van der Waals surface area (Å²) in [6.45, 7) is 6.46. The number of fused-ring (bicyclic) bond motifs is 1. The minimum atomic E-state index is -0.467. The number of nitrogens with one attached hydrogen (secondary N) is 1. The second kappa shape index (κ2) is 10.7. The molecule has 12 heteroatoms. The van der Waals surface area contributed by atoms with Crippen molar-refractivity contribution < 1.29 is 19.2 Å². The van der Waals surface area contributed by atoms with Crippen LogP contribution in [0.2, 0.25) is 0 Å². The Morgan fingerprint density at radius 2 is 2.11 bits per heavy atom. The van der Waals surface area contributed by atoms with Gasteiger partial charge in [-0.05, 0) is 43.0 Å². The topological polar surface area (TPSA) is 149 Å². The minimum Gasteiger partial charge on any atom is -0.383 e. The Hall–Kier alpha value is -4.32. The van der Waals surface area contributed by atoms with Crippen LogP contribution in [0.1, 0.15) is 40.5 Å². The first-order valence-corrected chi connectivity index (χ1v) is 11.8. The van der Waals surface area contributed by atoms with Crippen LogP contribution in [-0.2, 0) is 20.8 Å². The fourth-order valence-corrected chi connectivity index (χ4v) is 4.44. The molecule has 3 heterocycles. The van der Waals surface area contributed by atoms with E-state index in [2.05, 4.69) is 27.0 Å². The van der Waals surface area contributed by atoms with E-state index < -0.39 is 5.91 Å². The van der Waals surface area contributed by atoms with Crippen molar-refractivity contribution in [2.75, 3.05) is 38.3 Å². The van der Waals surface area contributed by atoms with E-state index in [9.17, 15) is 14.4 Å². The zero-order valence-electron chi connectivity index (χ0n) is 21.1. The number of anilines is 2. The van der Waals surface area contributed by atoms with Gasteiger partial charge < -0.3 is 16.0 Å². The Morgan fingerprint density at radius 1 is 1.32 bits per heavy atom. The van der Waals surface area contributed by atoms with Gasteiger partial charge in [0.05, 0.1) is 25.0 Å². The summed E-state index contributed by atoms with van der Waals surface area (Å²) in [7, 11) is 2.97. The summed E-state index contributed by atoms with van der Waals surface area (Å²) in [5.41, 5.74) is 8.81. The summed E-state index contributed by atoms with van der Waals surface area (Å²) < 4.78 is 1.67. The lowest BCUT2D eigenvalue weighted by Gasteiger charge is -2.32. The molecule has 0 radical (unpaired) electrons. The summed E-state index contributed by atoms with van der Waals surface area (Å²) in [5, 5.41) is 9.01. The van der Waals surface area contributed by atoms with Crippen LogP contribution in [0.25, 0.3) is 11.0 Å². The first-order chi connectivity index (χ1) is 17.7. The summed E-state index contributed by atoms with van der Waals surface area (Å²) in [5.74, 6) is -0.666. The maximum Gasteiger partial charge on any atom is 0.277 e. The number of nitrogens with two attached hydrogens (primary N) is 1. The molecule has 1 unspecified atom stereocenters. The fraction of sp³-hybridized carbons (Fsp3) is 0.360. The molecule has 0 spiro atoms. The highest BCUT2D eigenvalue weighted by atomic mass is 16.7. The van der Waals surface area contributed by atoms with E-state index in [4.69, 9.17) is 10.6 Å². The molecule has 3 amide bonds. The molecular weight excluding hydrogens is 476 g/mol. The SMILES string of the molecule is C=CC(=O)N1CCCC(n2nc(C(=O)Nc3ccc(CC(=O)N(C)OC)cc3C)c3c(N)ncnc32)C1. The van der Waals surface area contributed by atoms with Crippen LogP contribution in [0.15, 0.2) is 37.2 Å². The summed E-state index contributed by atoms with van der Waals surface area (Å²) in [6.07, 6.45) is 4.33. The first-order valence-electron chi connectivity index (χ1n) is 11.8. The van der Waals surface area contributed by atoms with Gasteiger partial charge in [0, 0.05) is 25.8 Å². The molecule has 3 N–H and O–H groups in total. The predicted octanol–water partition coefficient (Wildman–Crippen LogP) is 1.88. The molecule has 2 aromatic heterocycles. The quantitative estimate of drug-likeness (QED) is 0.364. The second-order valence-electron chi connectivity index (χ2n) is 8.89. The number of nitrogens with zero attached hydrogens (tertiary/aromatic N) is 6. The lowest BCUT2D eigenvalue weighted by atomic mass is 10.1. The van der Waals surface area contributed by atoms with E-state index in [0.29, 0.717) is 29.8 Å². The third kappa shape index (κ3) is 5.28. The van der Waals surface area contributed by atoms with E-state index >= 15 is 0 Å². The van der Waals surface area contributed by atoms with Crippen LogP contribution in [0.5, 0.6) is 0 Å². The Morgan fingerprint density at radius 3 is 2.81 bits per heavy atom. The molecule has 1 atom stereocenters. The molecule has 3 aromatic rings. The average molecular weight is 507 g/mol. The number of aryl methyl sites for hydroxylation is 1. The molecule has 4 rings (SSSR count). The van der Waals surface area contributed by atoms with Crippen molar-refractivity contribution in [3.8, 4) is 0 Å². The number of carbonyl (C=O) groups is 3. The van der Waals surface area contributed by atoms with E-state index in [0.717, 1.165) is 29.0 Å². The van der Waals surface area contributed by atoms with E-state index in [1.165, 1.54) is 19.5 Å². The smallest absolute Gasteiger partial charge is 0.277 e. The largest absolute Gasteiger partial charge is 0.383 e. The molecule has 0 aliphatic carbocycles. The van der Waals surface area contributed by atoms with Crippen molar-refractivity contribution in [1.82, 2.24) is 29.7 Å². The fourth-order valence-electron chi connectivity index (χ4n) is 4.44. The van der Waals surface area contributed by atoms with Gasteiger partial charge in [0.15, 0.2) is 11.3 Å². The van der Waals surface area contributed by atoms with Crippen LogP contribution in [0, 0.1) is 6.92 Å². The Kier molecular flexibility index (Phi) is 7.48. The maximum atomic E-state index is 13.4. The highest BCUT2D eigenvalue weighted by Crippen LogP contribution is 2.29. The number of likely N-dealkylation sites (tertiary alicyclic amines) is 1. The van der Waals surface area contributed by atoms with Gasteiger partial charge in [-0.1, -0.05) is 18.7 Å². The molecule has 12 nitrogen and oxygen atoms in total. The molecule has 1 saturated heterocycles. The van der Waals surface area contributed by atoms with E-state index in [-0.39, 0.29) is 35.8 Å². The van der Waals surface area contributed by atoms with Crippen LogP contribution < -0.4 is 11.1 Å². The second-order valence-corrected chi connectivity index (χ2v) is 8.89. The number of carbonyl (C=O) groups excluding carboxylic acids is 3. The number of hydrogen-bond donors (Lipinski definition) is 2. The van der Waals surface area contributed by atoms with Crippen LogP contribution in [0.4, 0.5) is 11.5 Å². The van der Waals surface area contributed by atoms with E-state index in [1.54, 1.807) is 28.8 Å². The van der Waals surface area contributed by atoms with Crippen molar-refractivity contribution in [2.24, 2.45) is 0 Å². The molecule has 37 heavy (non-hydrogen) atoms. The molecular formula is C25H30N8O4. The summed E-state index contributed by atoms with van der Waals surface area (Å²) >= 11 is 0. The third-order valence-electron chi connectivity index (χ3n) is 6.48. The molecule has 0 bridgehead atoms.